The summed E-state index contributed by atoms with van der Waals surface area (Å²) in [6, 6.07) is 27.3. The molecule has 4 rings (SSSR count). The molecule has 0 saturated heterocycles. The van der Waals surface area contributed by atoms with Crippen LogP contribution in [0, 0.1) is 11.3 Å². The lowest BCUT2D eigenvalue weighted by Crippen LogP contribution is -2.15. The van der Waals surface area contributed by atoms with E-state index in [1.165, 1.54) is 0 Å². The molecule has 3 aromatic carbocycles. The van der Waals surface area contributed by atoms with Gasteiger partial charge in [0.25, 0.3) is 5.91 Å². The number of benzene rings is 3. The largest absolute Gasteiger partial charge is 0.306 e. The Kier molecular flexibility index (Phi) is 5.10. The Hall–Kier alpha value is -3.88. The molecule has 0 radical (unpaired) electrons. The molecule has 0 aliphatic heterocycles. The number of nitrogens with one attached hydrogen (secondary N) is 1. The topological polar surface area (TPSA) is 70.7 Å². The van der Waals surface area contributed by atoms with Crippen LogP contribution in [0.3, 0.4) is 0 Å². The Labute approximate surface area is 172 Å². The molecule has 1 heterocycles. The highest BCUT2D eigenvalue weighted by Gasteiger charge is 2.16. The van der Waals surface area contributed by atoms with Crippen LogP contribution in [0.2, 0.25) is 5.02 Å². The van der Waals surface area contributed by atoms with Gasteiger partial charge in [0.15, 0.2) is 0 Å². The lowest BCUT2D eigenvalue weighted by atomic mass is 10.1. The predicted octanol–water partition coefficient (Wildman–Crippen LogP) is 5.32. The van der Waals surface area contributed by atoms with Crippen LogP contribution >= 0.6 is 11.6 Å². The van der Waals surface area contributed by atoms with Crippen molar-refractivity contribution in [3.8, 4) is 23.0 Å². The van der Waals surface area contributed by atoms with E-state index >= 15 is 0 Å². The van der Waals surface area contributed by atoms with Gasteiger partial charge in [-0.15, -0.1) is 0 Å². The lowest BCUT2D eigenvalue weighted by molar-refractivity contribution is 0.102. The summed E-state index contributed by atoms with van der Waals surface area (Å²) in [7, 11) is 0. The quantitative estimate of drug-likeness (QED) is 0.506. The fraction of sp³-hybridized carbons (Fsp3) is 0. The van der Waals surface area contributed by atoms with Crippen LogP contribution < -0.4 is 5.32 Å². The van der Waals surface area contributed by atoms with E-state index in [4.69, 9.17) is 16.9 Å². The second-order valence-corrected chi connectivity index (χ2v) is 6.70. The molecule has 0 bridgehead atoms. The molecule has 5 nitrogen and oxygen atoms in total. The normalized spacial score (nSPS) is 10.3. The van der Waals surface area contributed by atoms with Gasteiger partial charge >= 0.3 is 0 Å². The maximum Gasteiger partial charge on any atom is 0.256 e. The van der Waals surface area contributed by atoms with Crippen LogP contribution in [0.25, 0.3) is 16.9 Å². The average Bonchev–Trinajstić information content (AvgIpc) is 3.18. The second kappa shape index (κ2) is 8.01. The van der Waals surface area contributed by atoms with E-state index in [0.717, 1.165) is 5.56 Å². The standard InChI is InChI=1S/C23H15ClN4O/c24-19-11-4-5-12-21(19)28-22(14-20(27-28)17-8-2-1-3-9-17)26-23(29)18-10-6-7-16(13-18)15-25/h1-14H,(H,26,29). The number of halogens is 1. The summed E-state index contributed by atoms with van der Waals surface area (Å²) in [5, 5.41) is 17.1. The maximum absolute atomic E-state index is 12.8. The summed E-state index contributed by atoms with van der Waals surface area (Å²) in [6.07, 6.45) is 0. The van der Waals surface area contributed by atoms with Crippen molar-refractivity contribution in [3.05, 3.63) is 101 Å². The summed E-state index contributed by atoms with van der Waals surface area (Å²) < 4.78 is 1.61. The molecule has 29 heavy (non-hydrogen) atoms. The third-order valence-corrected chi connectivity index (χ3v) is 4.67. The predicted molar refractivity (Wildman–Crippen MR) is 113 cm³/mol. The molecule has 0 fully saturated rings. The fourth-order valence-electron chi connectivity index (χ4n) is 2.95. The number of carbonyl (C=O) groups is 1. The summed E-state index contributed by atoms with van der Waals surface area (Å²) in [6.45, 7) is 0. The van der Waals surface area contributed by atoms with Crippen LogP contribution in [0.1, 0.15) is 15.9 Å². The van der Waals surface area contributed by atoms with Crippen molar-refractivity contribution >= 4 is 23.3 Å². The Morgan fingerprint density at radius 2 is 1.72 bits per heavy atom. The zero-order valence-corrected chi connectivity index (χ0v) is 16.0. The molecule has 1 aromatic heterocycles. The number of rotatable bonds is 4. The zero-order valence-electron chi connectivity index (χ0n) is 15.2. The van der Waals surface area contributed by atoms with Gasteiger partial charge in [0.2, 0.25) is 0 Å². The number of aromatic nitrogens is 2. The fourth-order valence-corrected chi connectivity index (χ4v) is 3.16. The van der Waals surface area contributed by atoms with Crippen molar-refractivity contribution in [1.29, 1.82) is 5.26 Å². The molecule has 0 atom stereocenters. The highest BCUT2D eigenvalue weighted by Crippen LogP contribution is 2.28. The number of amides is 1. The van der Waals surface area contributed by atoms with E-state index in [2.05, 4.69) is 10.4 Å². The molecule has 6 heteroatoms. The highest BCUT2D eigenvalue weighted by molar-refractivity contribution is 6.32. The highest BCUT2D eigenvalue weighted by atomic mass is 35.5. The Bertz CT molecular complexity index is 1230. The SMILES string of the molecule is N#Cc1cccc(C(=O)Nc2cc(-c3ccccc3)nn2-c2ccccc2Cl)c1. The Morgan fingerprint density at radius 3 is 2.48 bits per heavy atom. The van der Waals surface area contributed by atoms with Gasteiger partial charge in [-0.05, 0) is 30.3 Å². The molecular weight excluding hydrogens is 384 g/mol. The summed E-state index contributed by atoms with van der Waals surface area (Å²) in [4.78, 5) is 12.8. The van der Waals surface area contributed by atoms with Crippen molar-refractivity contribution in [3.63, 3.8) is 0 Å². The van der Waals surface area contributed by atoms with E-state index in [1.807, 2.05) is 54.6 Å². The number of nitrogens with zero attached hydrogens (tertiary/aromatic N) is 3. The summed E-state index contributed by atoms with van der Waals surface area (Å²) >= 11 is 6.37. The number of nitriles is 1. The van der Waals surface area contributed by atoms with Crippen molar-refractivity contribution < 1.29 is 4.79 Å². The monoisotopic (exact) mass is 398 g/mol. The molecule has 1 N–H and O–H groups in total. The van der Waals surface area contributed by atoms with Gasteiger partial charge in [0.1, 0.15) is 5.82 Å². The van der Waals surface area contributed by atoms with E-state index in [1.54, 1.807) is 41.1 Å². The lowest BCUT2D eigenvalue weighted by Gasteiger charge is -2.10. The third kappa shape index (κ3) is 3.88. The zero-order chi connectivity index (χ0) is 20.2. The molecule has 4 aromatic rings. The summed E-state index contributed by atoms with van der Waals surface area (Å²) in [5.41, 5.74) is 3.07. The first kappa shape index (κ1) is 18.5. The van der Waals surface area contributed by atoms with E-state index < -0.39 is 0 Å². The minimum atomic E-state index is -0.338. The van der Waals surface area contributed by atoms with Gasteiger partial charge in [-0.1, -0.05) is 60.1 Å². The molecular formula is C23H15ClN4O. The molecule has 0 saturated carbocycles. The molecule has 0 spiro atoms. The molecule has 0 aliphatic carbocycles. The molecule has 140 valence electrons. The number of anilines is 1. The van der Waals surface area contributed by atoms with Crippen LogP contribution in [-0.4, -0.2) is 15.7 Å². The minimum Gasteiger partial charge on any atom is -0.306 e. The average molecular weight is 399 g/mol. The van der Waals surface area contributed by atoms with Crippen molar-refractivity contribution in [2.24, 2.45) is 0 Å². The summed E-state index contributed by atoms with van der Waals surface area (Å²) in [5.74, 6) is 0.138. The molecule has 0 aliphatic rings. The van der Waals surface area contributed by atoms with E-state index in [9.17, 15) is 4.79 Å². The number of hydrogen-bond acceptors (Lipinski definition) is 3. The van der Waals surface area contributed by atoms with Gasteiger partial charge in [0, 0.05) is 17.2 Å². The maximum atomic E-state index is 12.8. The van der Waals surface area contributed by atoms with Crippen LogP contribution in [0.15, 0.2) is 84.9 Å². The van der Waals surface area contributed by atoms with E-state index in [0.29, 0.717) is 33.3 Å². The number of carbonyl (C=O) groups excluding carboxylic acids is 1. The van der Waals surface area contributed by atoms with Crippen molar-refractivity contribution in [2.45, 2.75) is 0 Å². The Balaban J connectivity index is 1.77. The Morgan fingerprint density at radius 1 is 0.966 bits per heavy atom. The molecule has 1 amide bonds. The number of para-hydroxylation sites is 1. The van der Waals surface area contributed by atoms with Crippen molar-refractivity contribution in [1.82, 2.24) is 9.78 Å². The van der Waals surface area contributed by atoms with Crippen LogP contribution in [-0.2, 0) is 0 Å². The molecule has 0 unspecified atom stereocenters. The van der Waals surface area contributed by atoms with E-state index in [-0.39, 0.29) is 5.91 Å². The van der Waals surface area contributed by atoms with Gasteiger partial charge < -0.3 is 5.32 Å². The van der Waals surface area contributed by atoms with Crippen molar-refractivity contribution in [2.75, 3.05) is 5.32 Å². The number of hydrogen-bond donors (Lipinski definition) is 1. The van der Waals surface area contributed by atoms with Crippen LogP contribution in [0.4, 0.5) is 5.82 Å². The van der Waals surface area contributed by atoms with Gasteiger partial charge in [-0.2, -0.15) is 10.4 Å². The first-order chi connectivity index (χ1) is 14.2. The van der Waals surface area contributed by atoms with Gasteiger partial charge in [-0.25, -0.2) is 4.68 Å². The first-order valence-corrected chi connectivity index (χ1v) is 9.25. The third-order valence-electron chi connectivity index (χ3n) is 4.36. The van der Waals surface area contributed by atoms with Crippen LogP contribution in [0.5, 0.6) is 0 Å². The second-order valence-electron chi connectivity index (χ2n) is 6.29. The first-order valence-electron chi connectivity index (χ1n) is 8.87. The van der Waals surface area contributed by atoms with Gasteiger partial charge in [-0.3, -0.25) is 4.79 Å². The minimum absolute atomic E-state index is 0.338. The van der Waals surface area contributed by atoms with Gasteiger partial charge in [0.05, 0.1) is 28.0 Å². The smallest absolute Gasteiger partial charge is 0.256 e.